The van der Waals surface area contributed by atoms with Crippen molar-refractivity contribution in [3.05, 3.63) is 59.9 Å². The first-order valence-corrected chi connectivity index (χ1v) is 9.91. The SMILES string of the molecule is CN(C)CCN1CCC(NCc2ccccc2OCc2cccnc2)CC1. The van der Waals surface area contributed by atoms with Gasteiger partial charge in [-0.25, -0.2) is 0 Å². The van der Waals surface area contributed by atoms with Crippen LogP contribution in [0.1, 0.15) is 24.0 Å². The summed E-state index contributed by atoms with van der Waals surface area (Å²) in [5, 5.41) is 3.73. The third kappa shape index (κ3) is 6.61. The molecule has 1 N–H and O–H groups in total. The number of ether oxygens (including phenoxy) is 1. The smallest absolute Gasteiger partial charge is 0.124 e. The molecule has 1 fully saturated rings. The fourth-order valence-electron chi connectivity index (χ4n) is 3.39. The molecule has 1 aromatic carbocycles. The molecule has 2 heterocycles. The molecule has 1 aliphatic heterocycles. The molecule has 0 atom stereocenters. The van der Waals surface area contributed by atoms with Gasteiger partial charge in [-0.15, -0.1) is 0 Å². The van der Waals surface area contributed by atoms with Crippen molar-refractivity contribution >= 4 is 0 Å². The molecule has 1 aromatic heterocycles. The summed E-state index contributed by atoms with van der Waals surface area (Å²) in [6, 6.07) is 12.9. The maximum Gasteiger partial charge on any atom is 0.124 e. The first-order chi connectivity index (χ1) is 13.2. The van der Waals surface area contributed by atoms with Crippen LogP contribution in [0.3, 0.4) is 0 Å². The van der Waals surface area contributed by atoms with Crippen molar-refractivity contribution in [2.45, 2.75) is 32.0 Å². The zero-order valence-electron chi connectivity index (χ0n) is 16.6. The Morgan fingerprint density at radius 3 is 2.70 bits per heavy atom. The number of para-hydroxylation sites is 1. The Balaban J connectivity index is 1.45. The van der Waals surface area contributed by atoms with Crippen molar-refractivity contribution in [3.63, 3.8) is 0 Å². The summed E-state index contributed by atoms with van der Waals surface area (Å²) in [7, 11) is 4.28. The van der Waals surface area contributed by atoms with Crippen LogP contribution in [0.4, 0.5) is 0 Å². The Morgan fingerprint density at radius 1 is 1.15 bits per heavy atom. The van der Waals surface area contributed by atoms with E-state index in [4.69, 9.17) is 4.74 Å². The highest BCUT2D eigenvalue weighted by Gasteiger charge is 2.18. The van der Waals surface area contributed by atoms with Crippen LogP contribution in [0.5, 0.6) is 5.75 Å². The minimum atomic E-state index is 0.551. The summed E-state index contributed by atoms with van der Waals surface area (Å²) in [4.78, 5) is 8.98. The average molecular weight is 369 g/mol. The van der Waals surface area contributed by atoms with Gasteiger partial charge in [0.2, 0.25) is 0 Å². The van der Waals surface area contributed by atoms with E-state index in [0.717, 1.165) is 24.4 Å². The molecule has 0 bridgehead atoms. The molecular weight excluding hydrogens is 336 g/mol. The highest BCUT2D eigenvalue weighted by atomic mass is 16.5. The zero-order chi connectivity index (χ0) is 18.9. The van der Waals surface area contributed by atoms with E-state index in [-0.39, 0.29) is 0 Å². The monoisotopic (exact) mass is 368 g/mol. The summed E-state index contributed by atoms with van der Waals surface area (Å²) >= 11 is 0. The van der Waals surface area contributed by atoms with Gasteiger partial charge in [-0.05, 0) is 52.2 Å². The van der Waals surface area contributed by atoms with Gasteiger partial charge in [-0.3, -0.25) is 4.98 Å². The van der Waals surface area contributed by atoms with Crippen LogP contribution in [0.2, 0.25) is 0 Å². The predicted molar refractivity (Wildman–Crippen MR) is 110 cm³/mol. The first kappa shape index (κ1) is 19.8. The molecule has 0 unspecified atom stereocenters. The molecule has 0 radical (unpaired) electrons. The number of benzene rings is 1. The predicted octanol–water partition coefficient (Wildman–Crippen LogP) is 2.78. The minimum absolute atomic E-state index is 0.551. The van der Waals surface area contributed by atoms with Crippen molar-refractivity contribution in [2.24, 2.45) is 0 Å². The Morgan fingerprint density at radius 2 is 1.96 bits per heavy atom. The van der Waals surface area contributed by atoms with E-state index in [1.165, 1.54) is 38.0 Å². The second-order valence-electron chi connectivity index (χ2n) is 7.56. The molecule has 27 heavy (non-hydrogen) atoms. The minimum Gasteiger partial charge on any atom is -0.489 e. The van der Waals surface area contributed by atoms with E-state index >= 15 is 0 Å². The third-order valence-electron chi connectivity index (χ3n) is 5.12. The highest BCUT2D eigenvalue weighted by Crippen LogP contribution is 2.20. The first-order valence-electron chi connectivity index (χ1n) is 9.91. The van der Waals surface area contributed by atoms with Crippen molar-refractivity contribution in [2.75, 3.05) is 40.3 Å². The molecule has 5 nitrogen and oxygen atoms in total. The number of pyridine rings is 1. The Bertz CT molecular complexity index is 669. The lowest BCUT2D eigenvalue weighted by Gasteiger charge is -2.33. The molecule has 0 spiro atoms. The number of hydrogen-bond donors (Lipinski definition) is 1. The van der Waals surface area contributed by atoms with E-state index in [0.29, 0.717) is 12.6 Å². The number of aromatic nitrogens is 1. The zero-order valence-corrected chi connectivity index (χ0v) is 16.6. The largest absolute Gasteiger partial charge is 0.489 e. The number of rotatable bonds is 9. The molecule has 0 amide bonds. The number of likely N-dealkylation sites (N-methyl/N-ethyl adjacent to an activating group) is 1. The molecule has 3 rings (SSSR count). The lowest BCUT2D eigenvalue weighted by molar-refractivity contribution is 0.181. The number of hydrogen-bond acceptors (Lipinski definition) is 5. The fourth-order valence-corrected chi connectivity index (χ4v) is 3.39. The lowest BCUT2D eigenvalue weighted by Crippen LogP contribution is -2.44. The van der Waals surface area contributed by atoms with Crippen LogP contribution in [0.25, 0.3) is 0 Å². The molecule has 146 valence electrons. The van der Waals surface area contributed by atoms with Gasteiger partial charge in [0.1, 0.15) is 12.4 Å². The maximum atomic E-state index is 6.04. The van der Waals surface area contributed by atoms with E-state index in [2.05, 4.69) is 52.4 Å². The standard InChI is InChI=1S/C22H32N4O/c1-25(2)14-15-26-12-9-21(10-13-26)24-17-20-7-3-4-8-22(20)27-18-19-6-5-11-23-16-19/h3-8,11,16,21,24H,9-10,12-15,17-18H2,1-2H3. The van der Waals surface area contributed by atoms with Crippen molar-refractivity contribution in [3.8, 4) is 5.75 Å². The van der Waals surface area contributed by atoms with Crippen molar-refractivity contribution in [1.29, 1.82) is 0 Å². The van der Waals surface area contributed by atoms with Crippen molar-refractivity contribution in [1.82, 2.24) is 20.1 Å². The maximum absolute atomic E-state index is 6.04. The highest BCUT2D eigenvalue weighted by molar-refractivity contribution is 5.33. The van der Waals surface area contributed by atoms with Gasteiger partial charge in [0, 0.05) is 49.2 Å². The van der Waals surface area contributed by atoms with Gasteiger partial charge < -0.3 is 19.9 Å². The molecule has 0 saturated carbocycles. The third-order valence-corrected chi connectivity index (χ3v) is 5.12. The van der Waals surface area contributed by atoms with E-state index in [1.54, 1.807) is 6.20 Å². The Hall–Kier alpha value is -1.95. The molecule has 5 heteroatoms. The van der Waals surface area contributed by atoms with Gasteiger partial charge in [0.15, 0.2) is 0 Å². The van der Waals surface area contributed by atoms with E-state index in [9.17, 15) is 0 Å². The number of nitrogens with zero attached hydrogens (tertiary/aromatic N) is 3. The second-order valence-corrected chi connectivity index (χ2v) is 7.56. The van der Waals surface area contributed by atoms with Crippen LogP contribution in [-0.4, -0.2) is 61.1 Å². The summed E-state index contributed by atoms with van der Waals surface area (Å²) in [5.41, 5.74) is 2.31. The molecular formula is C22H32N4O. The fraction of sp³-hybridized carbons (Fsp3) is 0.500. The lowest BCUT2D eigenvalue weighted by atomic mass is 10.0. The van der Waals surface area contributed by atoms with Crippen molar-refractivity contribution < 1.29 is 4.74 Å². The van der Waals surface area contributed by atoms with E-state index in [1.807, 2.05) is 24.4 Å². The van der Waals surface area contributed by atoms with Crippen LogP contribution >= 0.6 is 0 Å². The van der Waals surface area contributed by atoms with Crippen LogP contribution in [-0.2, 0) is 13.2 Å². The summed E-state index contributed by atoms with van der Waals surface area (Å²) < 4.78 is 6.04. The quantitative estimate of drug-likeness (QED) is 0.737. The molecule has 2 aromatic rings. The van der Waals surface area contributed by atoms with E-state index < -0.39 is 0 Å². The summed E-state index contributed by atoms with van der Waals surface area (Å²) in [5.74, 6) is 0.956. The van der Waals surface area contributed by atoms with Gasteiger partial charge in [0.05, 0.1) is 0 Å². The summed E-state index contributed by atoms with van der Waals surface area (Å²) in [6.45, 7) is 6.08. The van der Waals surface area contributed by atoms with Crippen LogP contribution < -0.4 is 10.1 Å². The average Bonchev–Trinajstić information content (AvgIpc) is 2.71. The van der Waals surface area contributed by atoms with Gasteiger partial charge in [-0.1, -0.05) is 24.3 Å². The second kappa shape index (κ2) is 10.4. The topological polar surface area (TPSA) is 40.6 Å². The van der Waals surface area contributed by atoms with Gasteiger partial charge in [0.25, 0.3) is 0 Å². The normalized spacial score (nSPS) is 16.0. The molecule has 0 aliphatic carbocycles. The van der Waals surface area contributed by atoms with Gasteiger partial charge >= 0.3 is 0 Å². The van der Waals surface area contributed by atoms with Crippen LogP contribution in [0, 0.1) is 0 Å². The number of nitrogens with one attached hydrogen (secondary N) is 1. The Kier molecular flexibility index (Phi) is 7.63. The molecule has 1 aliphatic rings. The number of piperidine rings is 1. The Labute approximate surface area is 163 Å². The van der Waals surface area contributed by atoms with Crippen LogP contribution in [0.15, 0.2) is 48.8 Å². The molecule has 1 saturated heterocycles. The van der Waals surface area contributed by atoms with Gasteiger partial charge in [-0.2, -0.15) is 0 Å². The number of likely N-dealkylation sites (tertiary alicyclic amines) is 1. The summed E-state index contributed by atoms with van der Waals surface area (Å²) in [6.07, 6.45) is 6.07.